The molecule has 2 rings (SSSR count). The van der Waals surface area contributed by atoms with Gasteiger partial charge in [-0.05, 0) is 19.8 Å². The van der Waals surface area contributed by atoms with E-state index in [9.17, 15) is 9.59 Å². The van der Waals surface area contributed by atoms with Crippen LogP contribution < -0.4 is 11.1 Å². The average molecular weight is 335 g/mol. The normalized spacial score (nSPS) is 32.0. The maximum absolute atomic E-state index is 12.5. The van der Waals surface area contributed by atoms with Crippen molar-refractivity contribution in [2.75, 3.05) is 19.8 Å². The second-order valence-electron chi connectivity index (χ2n) is 6.44. The second kappa shape index (κ2) is 7.15. The first-order chi connectivity index (χ1) is 9.85. The van der Waals surface area contributed by atoms with Crippen LogP contribution >= 0.6 is 12.4 Å². The average Bonchev–Trinajstić information content (AvgIpc) is 2.46. The summed E-state index contributed by atoms with van der Waals surface area (Å²) in [6.45, 7) is 7.05. The molecule has 3 unspecified atom stereocenters. The predicted molar refractivity (Wildman–Crippen MR) is 84.7 cm³/mol. The molecule has 2 fully saturated rings. The van der Waals surface area contributed by atoms with Gasteiger partial charge >= 0.3 is 5.97 Å². The molecule has 0 radical (unpaired) electrons. The summed E-state index contributed by atoms with van der Waals surface area (Å²) >= 11 is 0. The van der Waals surface area contributed by atoms with Gasteiger partial charge in [0.25, 0.3) is 0 Å². The minimum absolute atomic E-state index is 0. The highest BCUT2D eigenvalue weighted by molar-refractivity contribution is 5.89. The summed E-state index contributed by atoms with van der Waals surface area (Å²) in [7, 11) is 0. The molecule has 1 aliphatic carbocycles. The van der Waals surface area contributed by atoms with E-state index in [-0.39, 0.29) is 49.3 Å². The van der Waals surface area contributed by atoms with E-state index in [0.29, 0.717) is 6.61 Å². The number of halogens is 1. The van der Waals surface area contributed by atoms with Gasteiger partial charge in [-0.25, -0.2) is 0 Å². The van der Waals surface area contributed by atoms with E-state index in [1.165, 1.54) is 0 Å². The third-order valence-electron chi connectivity index (χ3n) is 4.98. The number of carbonyl (C=O) groups is 2. The van der Waals surface area contributed by atoms with Crippen LogP contribution in [0.4, 0.5) is 0 Å². The number of ether oxygens (including phenoxy) is 2. The van der Waals surface area contributed by atoms with Crippen LogP contribution in [-0.4, -0.2) is 43.3 Å². The van der Waals surface area contributed by atoms with Crippen LogP contribution in [0.1, 0.15) is 40.0 Å². The standard InChI is InChI=1S/C15H26N2O4.ClH/c1-4-20-11(18)7-8-17-13(19)15(16)10-6-5-9-21-12(10)14(15,2)3;/h10,12H,4-9,16H2,1-3H3,(H,17,19);1H. The fraction of sp³-hybridized carbons (Fsp3) is 0.867. The van der Waals surface area contributed by atoms with Crippen molar-refractivity contribution in [3.63, 3.8) is 0 Å². The number of esters is 1. The first-order valence-corrected chi connectivity index (χ1v) is 7.70. The molecular formula is C15H27ClN2O4. The van der Waals surface area contributed by atoms with Crippen molar-refractivity contribution in [3.8, 4) is 0 Å². The maximum Gasteiger partial charge on any atom is 0.307 e. The summed E-state index contributed by atoms with van der Waals surface area (Å²) in [5.41, 5.74) is 5.13. The monoisotopic (exact) mass is 334 g/mol. The van der Waals surface area contributed by atoms with Crippen molar-refractivity contribution in [1.29, 1.82) is 0 Å². The molecule has 0 aromatic carbocycles. The van der Waals surface area contributed by atoms with E-state index >= 15 is 0 Å². The third kappa shape index (κ3) is 2.96. The molecule has 128 valence electrons. The zero-order chi connectivity index (χ0) is 15.7. The van der Waals surface area contributed by atoms with Gasteiger partial charge in [0, 0.05) is 24.5 Å². The fourth-order valence-corrected chi connectivity index (χ4v) is 3.69. The Morgan fingerprint density at radius 3 is 2.73 bits per heavy atom. The molecule has 0 aromatic rings. The Kier molecular flexibility index (Phi) is 6.24. The van der Waals surface area contributed by atoms with Crippen LogP contribution in [-0.2, 0) is 19.1 Å². The van der Waals surface area contributed by atoms with Crippen molar-refractivity contribution >= 4 is 24.3 Å². The highest BCUT2D eigenvalue weighted by atomic mass is 35.5. The number of amides is 1. The van der Waals surface area contributed by atoms with Gasteiger partial charge in [0.1, 0.15) is 5.54 Å². The Morgan fingerprint density at radius 2 is 2.09 bits per heavy atom. The predicted octanol–water partition coefficient (Wildman–Crippen LogP) is 1.01. The summed E-state index contributed by atoms with van der Waals surface area (Å²) in [5.74, 6) is -0.442. The first-order valence-electron chi connectivity index (χ1n) is 7.70. The van der Waals surface area contributed by atoms with E-state index in [1.807, 2.05) is 13.8 Å². The lowest BCUT2D eigenvalue weighted by molar-refractivity contribution is -0.225. The molecule has 1 saturated heterocycles. The van der Waals surface area contributed by atoms with Crippen molar-refractivity contribution < 1.29 is 19.1 Å². The van der Waals surface area contributed by atoms with Crippen molar-refractivity contribution in [2.45, 2.75) is 51.7 Å². The summed E-state index contributed by atoms with van der Waals surface area (Å²) in [4.78, 5) is 23.8. The zero-order valence-electron chi connectivity index (χ0n) is 13.5. The minimum atomic E-state index is -0.924. The minimum Gasteiger partial charge on any atom is -0.466 e. The molecule has 6 nitrogen and oxygen atoms in total. The number of rotatable bonds is 5. The lowest BCUT2D eigenvalue weighted by atomic mass is 9.46. The Hall–Kier alpha value is -0.850. The van der Waals surface area contributed by atoms with Gasteiger partial charge in [0.05, 0.1) is 19.1 Å². The molecule has 0 bridgehead atoms. The van der Waals surface area contributed by atoms with E-state index in [0.717, 1.165) is 19.4 Å². The van der Waals surface area contributed by atoms with Crippen molar-refractivity contribution in [3.05, 3.63) is 0 Å². The molecule has 3 atom stereocenters. The second-order valence-corrected chi connectivity index (χ2v) is 6.44. The highest BCUT2D eigenvalue weighted by Crippen LogP contribution is 2.57. The van der Waals surface area contributed by atoms with Crippen LogP contribution in [0.2, 0.25) is 0 Å². The lowest BCUT2D eigenvalue weighted by Gasteiger charge is -2.65. The van der Waals surface area contributed by atoms with Gasteiger partial charge in [-0.15, -0.1) is 12.4 Å². The molecular weight excluding hydrogens is 308 g/mol. The van der Waals surface area contributed by atoms with Gasteiger partial charge in [-0.3, -0.25) is 9.59 Å². The molecule has 0 spiro atoms. The molecule has 1 heterocycles. The van der Waals surface area contributed by atoms with Gasteiger partial charge in [0.15, 0.2) is 0 Å². The number of hydrogen-bond donors (Lipinski definition) is 2. The topological polar surface area (TPSA) is 90.7 Å². The van der Waals surface area contributed by atoms with Crippen LogP contribution in [0.25, 0.3) is 0 Å². The highest BCUT2D eigenvalue weighted by Gasteiger charge is 2.70. The SMILES string of the molecule is CCOC(=O)CCNC(=O)C1(N)C2CCCOC2C1(C)C.Cl. The lowest BCUT2D eigenvalue weighted by Crippen LogP contribution is -2.82. The Balaban J connectivity index is 0.00000242. The Labute approximate surface area is 137 Å². The fourth-order valence-electron chi connectivity index (χ4n) is 3.69. The van der Waals surface area contributed by atoms with Gasteiger partial charge < -0.3 is 20.5 Å². The van der Waals surface area contributed by atoms with E-state index in [2.05, 4.69) is 5.32 Å². The van der Waals surface area contributed by atoms with Gasteiger partial charge in [-0.2, -0.15) is 0 Å². The maximum atomic E-state index is 12.5. The van der Waals surface area contributed by atoms with Crippen LogP contribution in [0.15, 0.2) is 0 Å². The Bertz CT molecular complexity index is 430. The number of fused-ring (bicyclic) bond motifs is 1. The van der Waals surface area contributed by atoms with Crippen molar-refractivity contribution in [1.82, 2.24) is 5.32 Å². The largest absolute Gasteiger partial charge is 0.466 e. The number of nitrogens with one attached hydrogen (secondary N) is 1. The molecule has 1 saturated carbocycles. The van der Waals surface area contributed by atoms with Crippen LogP contribution in [0.5, 0.6) is 0 Å². The summed E-state index contributed by atoms with van der Waals surface area (Å²) < 4.78 is 10.6. The van der Waals surface area contributed by atoms with E-state index in [4.69, 9.17) is 15.2 Å². The summed E-state index contributed by atoms with van der Waals surface area (Å²) in [6, 6.07) is 0. The molecule has 2 aliphatic rings. The van der Waals surface area contributed by atoms with Crippen LogP contribution in [0.3, 0.4) is 0 Å². The molecule has 7 heteroatoms. The van der Waals surface area contributed by atoms with Gasteiger partial charge in [-0.1, -0.05) is 13.8 Å². The number of carbonyl (C=O) groups excluding carboxylic acids is 2. The molecule has 0 aromatic heterocycles. The quantitative estimate of drug-likeness (QED) is 0.732. The van der Waals surface area contributed by atoms with Gasteiger partial charge in [0.2, 0.25) is 5.91 Å². The Morgan fingerprint density at radius 1 is 1.41 bits per heavy atom. The smallest absolute Gasteiger partial charge is 0.307 e. The van der Waals surface area contributed by atoms with E-state index < -0.39 is 11.0 Å². The summed E-state index contributed by atoms with van der Waals surface area (Å²) in [5, 5.41) is 2.78. The van der Waals surface area contributed by atoms with E-state index in [1.54, 1.807) is 6.92 Å². The number of hydrogen-bond acceptors (Lipinski definition) is 5. The first kappa shape index (κ1) is 19.2. The summed E-state index contributed by atoms with van der Waals surface area (Å²) in [6.07, 6.45) is 2.06. The molecule has 3 N–H and O–H groups in total. The molecule has 1 amide bonds. The molecule has 1 aliphatic heterocycles. The molecule has 22 heavy (non-hydrogen) atoms. The van der Waals surface area contributed by atoms with Crippen LogP contribution in [0, 0.1) is 11.3 Å². The van der Waals surface area contributed by atoms with Crippen molar-refractivity contribution in [2.24, 2.45) is 17.1 Å². The third-order valence-corrected chi connectivity index (χ3v) is 4.98. The zero-order valence-corrected chi connectivity index (χ0v) is 14.3. The number of nitrogens with two attached hydrogens (primary N) is 1.